The molecule has 1 N–H and O–H groups in total. The van der Waals surface area contributed by atoms with Crippen molar-refractivity contribution in [3.05, 3.63) is 119 Å². The average molecular weight is 746 g/mol. The van der Waals surface area contributed by atoms with Crippen LogP contribution >= 0.6 is 0 Å². The number of ether oxygens (including phenoxy) is 3. The monoisotopic (exact) mass is 745 g/mol. The van der Waals surface area contributed by atoms with Gasteiger partial charge in [0.1, 0.15) is 12.4 Å². The van der Waals surface area contributed by atoms with Crippen molar-refractivity contribution in [2.24, 2.45) is 5.92 Å². The molecule has 4 aromatic rings. The number of nitrogens with zero attached hydrogens (tertiary/aromatic N) is 3. The first-order valence-electron chi connectivity index (χ1n) is 18.8. The summed E-state index contributed by atoms with van der Waals surface area (Å²) in [4.78, 5) is 47.9. The second-order valence-electron chi connectivity index (χ2n) is 15.5. The van der Waals surface area contributed by atoms with Crippen LogP contribution in [0.2, 0.25) is 18.6 Å². The molecule has 0 radical (unpaired) electrons. The maximum absolute atomic E-state index is 15.3. The maximum Gasteiger partial charge on any atom is 0.414 e. The van der Waals surface area contributed by atoms with Gasteiger partial charge in [-0.05, 0) is 59.0 Å². The molecule has 11 heteroatoms. The lowest BCUT2D eigenvalue weighted by molar-refractivity contribution is -0.151. The number of aliphatic hydroxyl groups excluding tert-OH is 1. The second kappa shape index (κ2) is 14.0. The van der Waals surface area contributed by atoms with E-state index in [-0.39, 0.29) is 48.9 Å². The highest BCUT2D eigenvalue weighted by molar-refractivity contribution is 6.91. The molecule has 5 atom stereocenters. The van der Waals surface area contributed by atoms with Crippen molar-refractivity contribution in [1.82, 2.24) is 4.90 Å². The van der Waals surface area contributed by atoms with Crippen LogP contribution < -0.4 is 19.7 Å². The van der Waals surface area contributed by atoms with E-state index in [0.29, 0.717) is 37.3 Å². The molecule has 54 heavy (non-hydrogen) atoms. The lowest BCUT2D eigenvalue weighted by atomic mass is 9.82. The average Bonchev–Trinajstić information content (AvgIpc) is 3.82. The molecule has 0 aromatic heterocycles. The molecular formula is C43H47N3O7Si. The standard InChI is InChI=1S/C43H47N3O7Si/c1-28-40(54(3,4)35-17-15-34(51-2)16-18-35)38(24-39(48)45-26-31-13-9-8-12-30(31)22-33(45)27-47)53-43(28)36-23-32(44-20-21-52-42(44)50)14-19-37(36)46(41(43)49)25-29-10-6-5-7-11-29/h5-19,23,28,33,38,40,47H,20-22,24-27H2,1-4H3/t28-,33+,38+,40-,43+/m1/s1. The summed E-state index contributed by atoms with van der Waals surface area (Å²) in [5.74, 6) is 0.132. The van der Waals surface area contributed by atoms with Gasteiger partial charge < -0.3 is 29.1 Å². The van der Waals surface area contributed by atoms with E-state index in [1.54, 1.807) is 21.8 Å². The van der Waals surface area contributed by atoms with Crippen LogP contribution in [0.15, 0.2) is 97.1 Å². The summed E-state index contributed by atoms with van der Waals surface area (Å²) >= 11 is 0. The number of anilines is 2. The van der Waals surface area contributed by atoms with Crippen LogP contribution in [-0.4, -0.2) is 75.0 Å². The van der Waals surface area contributed by atoms with E-state index in [1.165, 1.54) is 5.19 Å². The van der Waals surface area contributed by atoms with Gasteiger partial charge in [-0.1, -0.05) is 91.9 Å². The third kappa shape index (κ3) is 5.89. The molecule has 280 valence electrons. The Morgan fingerprint density at radius 3 is 2.37 bits per heavy atom. The van der Waals surface area contributed by atoms with Gasteiger partial charge >= 0.3 is 6.09 Å². The number of amides is 3. The zero-order valence-corrected chi connectivity index (χ0v) is 32.2. The Hall–Kier alpha value is -4.97. The van der Waals surface area contributed by atoms with E-state index in [2.05, 4.69) is 38.2 Å². The van der Waals surface area contributed by atoms with E-state index in [4.69, 9.17) is 14.2 Å². The quantitative estimate of drug-likeness (QED) is 0.218. The Balaban J connectivity index is 1.23. The van der Waals surface area contributed by atoms with Gasteiger partial charge in [0.05, 0.1) is 59.1 Å². The number of aliphatic hydroxyl groups is 1. The zero-order valence-electron chi connectivity index (χ0n) is 31.2. The molecule has 4 heterocycles. The Labute approximate surface area is 317 Å². The minimum absolute atomic E-state index is 0.0570. The van der Waals surface area contributed by atoms with Crippen molar-refractivity contribution in [3.63, 3.8) is 0 Å². The van der Waals surface area contributed by atoms with Crippen molar-refractivity contribution in [3.8, 4) is 5.75 Å². The van der Waals surface area contributed by atoms with Crippen molar-refractivity contribution < 1.29 is 33.7 Å². The summed E-state index contributed by atoms with van der Waals surface area (Å²) in [6.45, 7) is 7.98. The Kier molecular flexibility index (Phi) is 9.36. The zero-order chi connectivity index (χ0) is 37.8. The molecular weight excluding hydrogens is 699 g/mol. The number of cyclic esters (lactones) is 1. The van der Waals surface area contributed by atoms with E-state index >= 15 is 4.79 Å². The van der Waals surface area contributed by atoms with Crippen molar-refractivity contribution in [2.45, 2.75) is 69.2 Å². The first kappa shape index (κ1) is 36.0. The highest BCUT2D eigenvalue weighted by atomic mass is 28.3. The number of benzene rings is 4. The van der Waals surface area contributed by atoms with Crippen molar-refractivity contribution in [2.75, 3.05) is 36.7 Å². The van der Waals surface area contributed by atoms with E-state index in [0.717, 1.165) is 28.1 Å². The second-order valence-corrected chi connectivity index (χ2v) is 20.2. The molecule has 4 aromatic carbocycles. The van der Waals surface area contributed by atoms with Crippen molar-refractivity contribution >= 4 is 42.5 Å². The van der Waals surface area contributed by atoms with Crippen LogP contribution in [0.1, 0.15) is 35.6 Å². The molecule has 4 aliphatic heterocycles. The van der Waals surface area contributed by atoms with E-state index < -0.39 is 25.9 Å². The minimum atomic E-state index is -2.55. The fraction of sp³-hybridized carbons (Fsp3) is 0.372. The van der Waals surface area contributed by atoms with Gasteiger partial charge in [0.25, 0.3) is 5.91 Å². The molecule has 0 bridgehead atoms. The smallest absolute Gasteiger partial charge is 0.414 e. The maximum atomic E-state index is 15.3. The summed E-state index contributed by atoms with van der Waals surface area (Å²) in [5, 5.41) is 11.7. The predicted molar refractivity (Wildman–Crippen MR) is 209 cm³/mol. The highest BCUT2D eigenvalue weighted by Gasteiger charge is 2.66. The van der Waals surface area contributed by atoms with Gasteiger partial charge in [-0.2, -0.15) is 0 Å². The van der Waals surface area contributed by atoms with Gasteiger partial charge in [-0.25, -0.2) is 4.79 Å². The molecule has 0 aliphatic carbocycles. The van der Waals surface area contributed by atoms with Gasteiger partial charge in [0, 0.05) is 23.7 Å². The first-order chi connectivity index (χ1) is 26.1. The molecule has 1 spiro atoms. The van der Waals surface area contributed by atoms with E-state index in [1.807, 2.05) is 78.9 Å². The number of rotatable bonds is 9. The topological polar surface area (TPSA) is 109 Å². The molecule has 3 amide bonds. The van der Waals surface area contributed by atoms with Crippen LogP contribution in [0.4, 0.5) is 16.2 Å². The predicted octanol–water partition coefficient (Wildman–Crippen LogP) is 5.75. The number of methoxy groups -OCH3 is 1. The highest BCUT2D eigenvalue weighted by Crippen LogP contribution is 2.60. The van der Waals surface area contributed by atoms with Gasteiger partial charge in [0.2, 0.25) is 5.91 Å². The van der Waals surface area contributed by atoms with Crippen molar-refractivity contribution in [1.29, 1.82) is 0 Å². The Morgan fingerprint density at radius 2 is 1.69 bits per heavy atom. The first-order valence-corrected chi connectivity index (χ1v) is 21.9. The minimum Gasteiger partial charge on any atom is -0.497 e. The summed E-state index contributed by atoms with van der Waals surface area (Å²) in [5.41, 5.74) is 3.67. The van der Waals surface area contributed by atoms with Crippen LogP contribution in [-0.2, 0) is 44.2 Å². The number of hydrogen-bond donors (Lipinski definition) is 1. The molecule has 2 saturated heterocycles. The van der Waals surface area contributed by atoms with Crippen LogP contribution in [0, 0.1) is 5.92 Å². The number of carbonyl (C=O) groups excluding carboxylic acids is 3. The number of carbonyl (C=O) groups is 3. The molecule has 2 fully saturated rings. The summed E-state index contributed by atoms with van der Waals surface area (Å²) in [6, 6.07) is 31.4. The van der Waals surface area contributed by atoms with Gasteiger partial charge in [-0.15, -0.1) is 0 Å². The normalized spacial score (nSPS) is 24.9. The fourth-order valence-corrected chi connectivity index (χ4v) is 13.6. The molecule has 10 nitrogen and oxygen atoms in total. The summed E-state index contributed by atoms with van der Waals surface area (Å²) < 4.78 is 18.1. The fourth-order valence-electron chi connectivity index (χ4n) is 9.55. The third-order valence-electron chi connectivity index (χ3n) is 12.3. The molecule has 8 rings (SSSR count). The Morgan fingerprint density at radius 1 is 0.963 bits per heavy atom. The SMILES string of the molecule is COc1ccc([Si](C)(C)[C@H]2[C@H](CC(=O)N3Cc4ccccc4C[C@H]3CO)O[C@@]3(C(=O)N(Cc4ccccc4)c4ccc(N5CCOC5=O)cc43)[C@@H]2C)cc1. The van der Waals surface area contributed by atoms with E-state index in [9.17, 15) is 14.7 Å². The number of fused-ring (bicyclic) bond motifs is 3. The largest absolute Gasteiger partial charge is 0.497 e. The molecule has 4 aliphatic rings. The summed E-state index contributed by atoms with van der Waals surface area (Å²) in [6.07, 6.45) is -0.407. The molecule has 0 saturated carbocycles. The lowest BCUT2D eigenvalue weighted by Crippen LogP contribution is -2.52. The lowest BCUT2D eigenvalue weighted by Gasteiger charge is -2.39. The van der Waals surface area contributed by atoms with Crippen LogP contribution in [0.3, 0.4) is 0 Å². The van der Waals surface area contributed by atoms with Crippen LogP contribution in [0.5, 0.6) is 5.75 Å². The Bertz CT molecular complexity index is 2080. The third-order valence-corrected chi connectivity index (χ3v) is 16.7. The van der Waals surface area contributed by atoms with Gasteiger partial charge in [0.15, 0.2) is 5.60 Å². The number of hydrogen-bond acceptors (Lipinski definition) is 7. The molecule has 0 unspecified atom stereocenters. The van der Waals surface area contributed by atoms with Gasteiger partial charge in [-0.3, -0.25) is 14.5 Å². The van der Waals surface area contributed by atoms with Crippen LogP contribution in [0.25, 0.3) is 0 Å². The summed E-state index contributed by atoms with van der Waals surface area (Å²) in [7, 11) is -0.906.